The minimum atomic E-state index is 0.160. The molecule has 4 aliphatic rings. The van der Waals surface area contributed by atoms with Gasteiger partial charge in [-0.2, -0.15) is 0 Å². The summed E-state index contributed by atoms with van der Waals surface area (Å²) < 4.78 is 0. The fraction of sp³-hybridized carbons (Fsp3) is 0.667. The highest BCUT2D eigenvalue weighted by Gasteiger charge is 2.30. The van der Waals surface area contributed by atoms with Crippen molar-refractivity contribution in [2.24, 2.45) is 0 Å². The second-order valence-corrected chi connectivity index (χ2v) is 8.98. The van der Waals surface area contributed by atoms with Gasteiger partial charge >= 0.3 is 0 Å². The Hall–Kier alpha value is -1.92. The molecule has 6 nitrogen and oxygen atoms in total. The van der Waals surface area contributed by atoms with Crippen molar-refractivity contribution in [3.63, 3.8) is 0 Å². The maximum Gasteiger partial charge on any atom is 0.234 e. The second kappa shape index (κ2) is 11.5. The zero-order valence-corrected chi connectivity index (χ0v) is 18.5. The fourth-order valence-corrected chi connectivity index (χ4v) is 4.72. The SMILES string of the molecule is Cc1ccccc1C.O=C1CNC2CCCCC2N1.O=C1CNC2CCCCC2N1. The second-order valence-electron chi connectivity index (χ2n) is 8.98. The minimum Gasteiger partial charge on any atom is -0.351 e. The van der Waals surface area contributed by atoms with Gasteiger partial charge in [-0.05, 0) is 50.7 Å². The topological polar surface area (TPSA) is 82.3 Å². The molecule has 2 saturated carbocycles. The van der Waals surface area contributed by atoms with E-state index in [1.165, 1.54) is 49.7 Å². The van der Waals surface area contributed by atoms with Crippen LogP contribution in [-0.4, -0.2) is 49.1 Å². The van der Waals surface area contributed by atoms with E-state index in [2.05, 4.69) is 59.4 Å². The molecule has 30 heavy (non-hydrogen) atoms. The first-order valence-corrected chi connectivity index (χ1v) is 11.6. The van der Waals surface area contributed by atoms with Crippen LogP contribution in [0.1, 0.15) is 62.5 Å². The lowest BCUT2D eigenvalue weighted by atomic mass is 9.89. The van der Waals surface area contributed by atoms with Gasteiger partial charge in [0.15, 0.2) is 0 Å². The van der Waals surface area contributed by atoms with Crippen LogP contribution in [0.4, 0.5) is 0 Å². The standard InChI is InChI=1S/2C8H14N2O.C8H10/c2*11-8-5-9-6-3-1-2-4-7(6)10-8;1-7-5-3-4-6-8(7)2/h2*6-7,9H,1-5H2,(H,10,11);3-6H,1-2H3. The number of hydrogen-bond acceptors (Lipinski definition) is 4. The van der Waals surface area contributed by atoms with Gasteiger partial charge in [-0.1, -0.05) is 49.9 Å². The van der Waals surface area contributed by atoms with Crippen molar-refractivity contribution in [2.45, 2.75) is 89.4 Å². The van der Waals surface area contributed by atoms with Crippen LogP contribution in [0.25, 0.3) is 0 Å². The van der Waals surface area contributed by atoms with Crippen LogP contribution in [0.2, 0.25) is 0 Å². The van der Waals surface area contributed by atoms with Gasteiger partial charge in [0.05, 0.1) is 13.1 Å². The molecule has 0 radical (unpaired) electrons. The summed E-state index contributed by atoms with van der Waals surface area (Å²) in [5.41, 5.74) is 2.74. The fourth-order valence-electron chi connectivity index (χ4n) is 4.72. The Morgan fingerprint density at radius 3 is 1.37 bits per heavy atom. The Morgan fingerprint density at radius 2 is 1.00 bits per heavy atom. The van der Waals surface area contributed by atoms with Crippen molar-refractivity contribution in [3.05, 3.63) is 35.4 Å². The Morgan fingerprint density at radius 1 is 0.633 bits per heavy atom. The maximum atomic E-state index is 10.9. The molecular weight excluding hydrogens is 376 g/mol. The van der Waals surface area contributed by atoms with E-state index in [-0.39, 0.29) is 11.8 Å². The van der Waals surface area contributed by atoms with E-state index in [0.29, 0.717) is 37.3 Å². The Bertz CT molecular complexity index is 649. The highest BCUT2D eigenvalue weighted by Crippen LogP contribution is 2.20. The highest BCUT2D eigenvalue weighted by atomic mass is 16.2. The lowest BCUT2D eigenvalue weighted by molar-refractivity contribution is -0.124. The molecule has 2 amide bonds. The molecular formula is C24H38N4O2. The zero-order chi connectivity index (χ0) is 21.3. The molecule has 4 unspecified atom stereocenters. The van der Waals surface area contributed by atoms with Crippen LogP contribution in [0.3, 0.4) is 0 Å². The molecule has 2 aliphatic carbocycles. The number of amides is 2. The van der Waals surface area contributed by atoms with E-state index < -0.39 is 0 Å². The first kappa shape index (κ1) is 22.8. The number of fused-ring (bicyclic) bond motifs is 2. The number of nitrogens with one attached hydrogen (secondary N) is 4. The van der Waals surface area contributed by atoms with Crippen molar-refractivity contribution in [1.29, 1.82) is 0 Å². The molecule has 2 saturated heterocycles. The molecule has 5 rings (SSSR count). The summed E-state index contributed by atoms with van der Waals surface area (Å²) in [7, 11) is 0. The van der Waals surface area contributed by atoms with Gasteiger partial charge in [-0.25, -0.2) is 0 Å². The average Bonchev–Trinajstić information content (AvgIpc) is 2.76. The lowest BCUT2D eigenvalue weighted by Gasteiger charge is -2.36. The number of hydrogen-bond donors (Lipinski definition) is 4. The number of piperazine rings is 2. The van der Waals surface area contributed by atoms with Crippen LogP contribution in [0.5, 0.6) is 0 Å². The molecule has 0 aromatic heterocycles. The summed E-state index contributed by atoms with van der Waals surface area (Å²) >= 11 is 0. The average molecular weight is 415 g/mol. The highest BCUT2D eigenvalue weighted by molar-refractivity contribution is 5.79. The van der Waals surface area contributed by atoms with E-state index >= 15 is 0 Å². The number of benzene rings is 1. The van der Waals surface area contributed by atoms with Crippen molar-refractivity contribution in [1.82, 2.24) is 21.3 Å². The quantitative estimate of drug-likeness (QED) is 0.525. The number of aryl methyl sites for hydroxylation is 2. The Labute approximate surface area is 181 Å². The molecule has 2 aliphatic heterocycles. The first-order valence-electron chi connectivity index (χ1n) is 11.6. The van der Waals surface area contributed by atoms with Gasteiger partial charge in [-0.15, -0.1) is 0 Å². The molecule has 1 aromatic rings. The largest absolute Gasteiger partial charge is 0.351 e. The van der Waals surface area contributed by atoms with Crippen molar-refractivity contribution in [3.8, 4) is 0 Å². The van der Waals surface area contributed by atoms with E-state index in [1.807, 2.05) is 0 Å². The lowest BCUT2D eigenvalue weighted by Crippen LogP contribution is -2.59. The van der Waals surface area contributed by atoms with Crippen molar-refractivity contribution < 1.29 is 9.59 Å². The van der Waals surface area contributed by atoms with Crippen LogP contribution in [0.15, 0.2) is 24.3 Å². The van der Waals surface area contributed by atoms with E-state index in [1.54, 1.807) is 0 Å². The molecule has 2 heterocycles. The third-order valence-electron chi connectivity index (χ3n) is 6.70. The van der Waals surface area contributed by atoms with Crippen molar-refractivity contribution >= 4 is 11.8 Å². The molecule has 1 aromatic carbocycles. The first-order chi connectivity index (χ1) is 14.5. The molecule has 6 heteroatoms. The van der Waals surface area contributed by atoms with E-state index in [0.717, 1.165) is 12.8 Å². The molecule has 4 N–H and O–H groups in total. The Balaban J connectivity index is 0.000000130. The normalized spacial score (nSPS) is 30.1. The predicted molar refractivity (Wildman–Crippen MR) is 120 cm³/mol. The summed E-state index contributed by atoms with van der Waals surface area (Å²) in [6, 6.07) is 10.3. The Kier molecular flexibility index (Phi) is 8.70. The molecule has 4 fully saturated rings. The van der Waals surface area contributed by atoms with Crippen molar-refractivity contribution in [2.75, 3.05) is 13.1 Å². The summed E-state index contributed by atoms with van der Waals surface area (Å²) in [5, 5.41) is 12.6. The van der Waals surface area contributed by atoms with Crippen LogP contribution in [0, 0.1) is 13.8 Å². The maximum absolute atomic E-state index is 10.9. The van der Waals surface area contributed by atoms with Gasteiger partial charge in [0.2, 0.25) is 11.8 Å². The molecule has 0 spiro atoms. The summed E-state index contributed by atoms with van der Waals surface area (Å²) in [6.45, 7) is 5.27. The van der Waals surface area contributed by atoms with Gasteiger partial charge < -0.3 is 21.3 Å². The molecule has 166 valence electrons. The van der Waals surface area contributed by atoms with Gasteiger partial charge in [0.1, 0.15) is 0 Å². The van der Waals surface area contributed by atoms with Gasteiger partial charge in [-0.3, -0.25) is 9.59 Å². The number of rotatable bonds is 0. The van der Waals surface area contributed by atoms with Crippen LogP contribution < -0.4 is 21.3 Å². The minimum absolute atomic E-state index is 0.160. The van der Waals surface area contributed by atoms with E-state index in [9.17, 15) is 9.59 Å². The third kappa shape index (κ3) is 6.81. The van der Waals surface area contributed by atoms with Gasteiger partial charge in [0, 0.05) is 24.2 Å². The summed E-state index contributed by atoms with van der Waals surface area (Å²) in [5.74, 6) is 0.321. The summed E-state index contributed by atoms with van der Waals surface area (Å²) in [4.78, 5) is 21.9. The third-order valence-corrected chi connectivity index (χ3v) is 6.70. The van der Waals surface area contributed by atoms with Gasteiger partial charge in [0.25, 0.3) is 0 Å². The zero-order valence-electron chi connectivity index (χ0n) is 18.5. The number of carbonyl (C=O) groups excluding carboxylic acids is 2. The van der Waals surface area contributed by atoms with Crippen LogP contribution in [-0.2, 0) is 9.59 Å². The van der Waals surface area contributed by atoms with Crippen LogP contribution >= 0.6 is 0 Å². The molecule has 4 atom stereocenters. The smallest absolute Gasteiger partial charge is 0.234 e. The summed E-state index contributed by atoms with van der Waals surface area (Å²) in [6.07, 6.45) is 9.92. The van der Waals surface area contributed by atoms with E-state index in [4.69, 9.17) is 0 Å². The predicted octanol–water partition coefficient (Wildman–Crippen LogP) is 2.34. The molecule has 0 bridgehead atoms. The monoisotopic (exact) mass is 414 g/mol. The number of carbonyl (C=O) groups is 2.